The average molecular weight is 400 g/mol. The largest absolute Gasteiger partial charge is 0.412 e. The van der Waals surface area contributed by atoms with Crippen molar-refractivity contribution >= 4 is 17.7 Å². The molecule has 0 aliphatic carbocycles. The number of hydrogen-bond donors (Lipinski definition) is 1. The number of halogens is 1. The van der Waals surface area contributed by atoms with Crippen molar-refractivity contribution in [2.45, 2.75) is 32.2 Å². The van der Waals surface area contributed by atoms with Crippen LogP contribution in [0.15, 0.2) is 54.6 Å². The van der Waals surface area contributed by atoms with E-state index < -0.39 is 6.09 Å². The summed E-state index contributed by atoms with van der Waals surface area (Å²) in [5.41, 5.74) is 0.854. The summed E-state index contributed by atoms with van der Waals surface area (Å²) in [7, 11) is 0. The zero-order valence-corrected chi connectivity index (χ0v) is 16.2. The lowest BCUT2D eigenvalue weighted by Gasteiger charge is -2.06. The molecule has 1 aromatic heterocycles. The van der Waals surface area contributed by atoms with Crippen LogP contribution in [-0.4, -0.2) is 32.8 Å². The fourth-order valence-electron chi connectivity index (χ4n) is 2.63. The molecule has 2 aromatic carbocycles. The van der Waals surface area contributed by atoms with Crippen molar-refractivity contribution in [3.8, 4) is 17.1 Å². The summed E-state index contributed by atoms with van der Waals surface area (Å²) in [6, 6.07) is 16.4. The van der Waals surface area contributed by atoms with E-state index in [1.165, 1.54) is 0 Å². The minimum atomic E-state index is -0.424. The SMILES string of the molecule is O=C(NCCCCCCn1nnc(-c2cccc(Cl)c2)n1)Oc1ccccc1. The first kappa shape index (κ1) is 19.8. The van der Waals surface area contributed by atoms with E-state index in [9.17, 15) is 4.79 Å². The third-order valence-corrected chi connectivity index (χ3v) is 4.28. The fraction of sp³-hybridized carbons (Fsp3) is 0.300. The second-order valence-corrected chi connectivity index (χ2v) is 6.70. The average Bonchev–Trinajstić information content (AvgIpc) is 3.17. The molecule has 1 N–H and O–H groups in total. The number of benzene rings is 2. The molecule has 146 valence electrons. The van der Waals surface area contributed by atoms with E-state index in [4.69, 9.17) is 16.3 Å². The first-order chi connectivity index (χ1) is 13.7. The predicted molar refractivity (Wildman–Crippen MR) is 107 cm³/mol. The number of hydrogen-bond acceptors (Lipinski definition) is 5. The molecule has 28 heavy (non-hydrogen) atoms. The fourth-order valence-corrected chi connectivity index (χ4v) is 2.83. The minimum Gasteiger partial charge on any atom is -0.410 e. The van der Waals surface area contributed by atoms with Gasteiger partial charge in [-0.15, -0.1) is 10.2 Å². The van der Waals surface area contributed by atoms with Crippen molar-refractivity contribution in [3.63, 3.8) is 0 Å². The van der Waals surface area contributed by atoms with Crippen molar-refractivity contribution in [2.75, 3.05) is 6.54 Å². The van der Waals surface area contributed by atoms with E-state index in [-0.39, 0.29) is 0 Å². The van der Waals surface area contributed by atoms with Crippen molar-refractivity contribution < 1.29 is 9.53 Å². The van der Waals surface area contributed by atoms with E-state index in [0.29, 0.717) is 29.7 Å². The number of para-hydroxylation sites is 1. The molecule has 3 rings (SSSR count). The Bertz CT molecular complexity index is 885. The van der Waals surface area contributed by atoms with Gasteiger partial charge in [-0.2, -0.15) is 4.80 Å². The summed E-state index contributed by atoms with van der Waals surface area (Å²) in [5, 5.41) is 15.9. The van der Waals surface area contributed by atoms with E-state index in [2.05, 4.69) is 20.7 Å². The third kappa shape index (κ3) is 6.35. The topological polar surface area (TPSA) is 81.9 Å². The number of ether oxygens (including phenoxy) is 1. The molecule has 1 heterocycles. The number of rotatable bonds is 9. The minimum absolute atomic E-state index is 0.424. The number of amides is 1. The van der Waals surface area contributed by atoms with Gasteiger partial charge in [0.05, 0.1) is 6.54 Å². The van der Waals surface area contributed by atoms with Crippen LogP contribution < -0.4 is 10.1 Å². The molecule has 3 aromatic rings. The third-order valence-electron chi connectivity index (χ3n) is 4.04. The van der Waals surface area contributed by atoms with E-state index in [1.807, 2.05) is 42.5 Å². The molecule has 0 saturated heterocycles. The Balaban J connectivity index is 1.28. The van der Waals surface area contributed by atoms with Crippen LogP contribution in [0.2, 0.25) is 5.02 Å². The molecule has 7 nitrogen and oxygen atoms in total. The lowest BCUT2D eigenvalue weighted by Crippen LogP contribution is -2.27. The molecule has 0 aliphatic heterocycles. The summed E-state index contributed by atoms with van der Waals surface area (Å²) >= 11 is 5.99. The van der Waals surface area contributed by atoms with Gasteiger partial charge < -0.3 is 10.1 Å². The van der Waals surface area contributed by atoms with Crippen LogP contribution in [0.3, 0.4) is 0 Å². The molecule has 0 saturated carbocycles. The second kappa shape index (κ2) is 10.4. The molecule has 0 radical (unpaired) electrons. The summed E-state index contributed by atoms with van der Waals surface area (Å²) in [4.78, 5) is 13.3. The Morgan fingerprint density at radius 2 is 1.86 bits per heavy atom. The van der Waals surface area contributed by atoms with Crippen molar-refractivity contribution in [3.05, 3.63) is 59.6 Å². The van der Waals surface area contributed by atoms with Crippen molar-refractivity contribution in [1.82, 2.24) is 25.5 Å². The molecule has 0 unspecified atom stereocenters. The first-order valence-electron chi connectivity index (χ1n) is 9.25. The van der Waals surface area contributed by atoms with Gasteiger partial charge in [-0.25, -0.2) is 4.79 Å². The van der Waals surface area contributed by atoms with Crippen LogP contribution >= 0.6 is 11.6 Å². The highest BCUT2D eigenvalue weighted by molar-refractivity contribution is 6.30. The van der Waals surface area contributed by atoms with Gasteiger partial charge in [0, 0.05) is 17.1 Å². The van der Waals surface area contributed by atoms with Gasteiger partial charge >= 0.3 is 6.09 Å². The highest BCUT2D eigenvalue weighted by atomic mass is 35.5. The van der Waals surface area contributed by atoms with Crippen molar-refractivity contribution in [2.24, 2.45) is 0 Å². The monoisotopic (exact) mass is 399 g/mol. The number of aryl methyl sites for hydroxylation is 1. The number of aromatic nitrogens is 4. The van der Waals surface area contributed by atoms with E-state index >= 15 is 0 Å². The van der Waals surface area contributed by atoms with E-state index in [0.717, 1.165) is 31.2 Å². The highest BCUT2D eigenvalue weighted by Crippen LogP contribution is 2.18. The maximum Gasteiger partial charge on any atom is 0.412 e. The number of nitrogens with one attached hydrogen (secondary N) is 1. The van der Waals surface area contributed by atoms with Gasteiger partial charge in [-0.05, 0) is 42.3 Å². The van der Waals surface area contributed by atoms with E-state index in [1.54, 1.807) is 16.9 Å². The van der Waals surface area contributed by atoms with Gasteiger partial charge in [0.15, 0.2) is 0 Å². The molecule has 0 bridgehead atoms. The Kier molecular flexibility index (Phi) is 7.37. The molecule has 0 atom stereocenters. The zero-order valence-electron chi connectivity index (χ0n) is 15.4. The quantitative estimate of drug-likeness (QED) is 0.541. The molecular formula is C20H22ClN5O2. The molecule has 8 heteroatoms. The standard InChI is InChI=1S/C20H22ClN5O2/c21-17-10-8-9-16(15-17)19-23-25-26(24-19)14-7-2-1-6-13-22-20(27)28-18-11-4-3-5-12-18/h3-5,8-12,15H,1-2,6-7,13-14H2,(H,22,27). The summed E-state index contributed by atoms with van der Waals surface area (Å²) in [6.45, 7) is 1.29. The van der Waals surface area contributed by atoms with Crippen LogP contribution in [-0.2, 0) is 6.54 Å². The zero-order chi connectivity index (χ0) is 19.6. The lowest BCUT2D eigenvalue weighted by atomic mass is 10.2. The Hall–Kier alpha value is -2.93. The smallest absolute Gasteiger partial charge is 0.410 e. The number of tetrazole rings is 1. The molecule has 0 spiro atoms. The second-order valence-electron chi connectivity index (χ2n) is 6.26. The summed E-state index contributed by atoms with van der Waals surface area (Å²) in [5.74, 6) is 1.11. The normalized spacial score (nSPS) is 10.6. The van der Waals surface area contributed by atoms with Gasteiger partial charge in [-0.3, -0.25) is 0 Å². The number of nitrogens with zero attached hydrogens (tertiary/aromatic N) is 4. The number of carbonyl (C=O) groups excluding carboxylic acids is 1. The Morgan fingerprint density at radius 1 is 1.04 bits per heavy atom. The van der Waals surface area contributed by atoms with Crippen LogP contribution in [0, 0.1) is 0 Å². The molecule has 0 aliphatic rings. The summed E-state index contributed by atoms with van der Waals surface area (Å²) < 4.78 is 5.16. The Labute approximate surface area is 168 Å². The Morgan fingerprint density at radius 3 is 2.68 bits per heavy atom. The maximum atomic E-state index is 11.7. The van der Waals surface area contributed by atoms with Gasteiger partial charge in [0.1, 0.15) is 5.75 Å². The number of carbonyl (C=O) groups is 1. The lowest BCUT2D eigenvalue weighted by molar-refractivity contribution is 0.200. The van der Waals surface area contributed by atoms with Crippen LogP contribution in [0.5, 0.6) is 5.75 Å². The predicted octanol–water partition coefficient (Wildman–Crippen LogP) is 4.34. The molecular weight excluding hydrogens is 378 g/mol. The van der Waals surface area contributed by atoms with Crippen molar-refractivity contribution in [1.29, 1.82) is 0 Å². The van der Waals surface area contributed by atoms with Gasteiger partial charge in [0.2, 0.25) is 5.82 Å². The number of unbranched alkanes of at least 4 members (excludes halogenated alkanes) is 3. The maximum absolute atomic E-state index is 11.7. The van der Waals surface area contributed by atoms with Crippen LogP contribution in [0.25, 0.3) is 11.4 Å². The van der Waals surface area contributed by atoms with Gasteiger partial charge in [-0.1, -0.05) is 54.8 Å². The van der Waals surface area contributed by atoms with Crippen LogP contribution in [0.1, 0.15) is 25.7 Å². The molecule has 0 fully saturated rings. The van der Waals surface area contributed by atoms with Gasteiger partial charge in [0.25, 0.3) is 0 Å². The van der Waals surface area contributed by atoms with Crippen LogP contribution in [0.4, 0.5) is 4.79 Å². The molecule has 1 amide bonds. The highest BCUT2D eigenvalue weighted by Gasteiger charge is 2.06. The summed E-state index contributed by atoms with van der Waals surface area (Å²) in [6.07, 6.45) is 3.43. The first-order valence-corrected chi connectivity index (χ1v) is 9.63.